The number of hydrogen-bond acceptors (Lipinski definition) is 4. The molecule has 0 aromatic heterocycles. The zero-order valence-corrected chi connectivity index (χ0v) is 9.92. The fourth-order valence-corrected chi connectivity index (χ4v) is 2.05. The van der Waals surface area contributed by atoms with Crippen molar-refractivity contribution in [2.24, 2.45) is 0 Å². The van der Waals surface area contributed by atoms with Crippen LogP contribution in [-0.2, 0) is 10.1 Å². The number of benzene rings is 2. The van der Waals surface area contributed by atoms with Crippen LogP contribution < -0.4 is 0 Å². The fraction of sp³-hybridized carbons (Fsp3) is 0. The van der Waals surface area contributed by atoms with Gasteiger partial charge in [0.15, 0.2) is 11.5 Å². The van der Waals surface area contributed by atoms with Gasteiger partial charge in [-0.05, 0) is 23.8 Å². The molecule has 0 spiro atoms. The first-order valence-corrected chi connectivity index (χ1v) is 6.42. The monoisotopic (exact) mass is 266 g/mol. The van der Waals surface area contributed by atoms with E-state index in [1.54, 1.807) is 12.1 Å². The predicted octanol–water partition coefficient (Wildman–Crippen LogP) is 2.01. The van der Waals surface area contributed by atoms with E-state index in [0.29, 0.717) is 11.1 Å². The molecular weight excluding hydrogens is 256 g/mol. The lowest BCUT2D eigenvalue weighted by Crippen LogP contribution is -1.97. The van der Waals surface area contributed by atoms with Crippen molar-refractivity contribution >= 4 is 10.1 Å². The van der Waals surface area contributed by atoms with E-state index in [1.807, 2.05) is 0 Å². The number of hydrogen-bond donors (Lipinski definition) is 3. The van der Waals surface area contributed by atoms with Crippen molar-refractivity contribution in [2.75, 3.05) is 0 Å². The van der Waals surface area contributed by atoms with Gasteiger partial charge in [-0.2, -0.15) is 8.42 Å². The first-order valence-electron chi connectivity index (χ1n) is 4.98. The molecule has 2 aromatic rings. The molecular formula is C12H10O5S. The third kappa shape index (κ3) is 2.29. The van der Waals surface area contributed by atoms with E-state index in [1.165, 1.54) is 30.3 Å². The van der Waals surface area contributed by atoms with Crippen LogP contribution in [0.4, 0.5) is 0 Å². The summed E-state index contributed by atoms with van der Waals surface area (Å²) in [5.41, 5.74) is 0.896. The van der Waals surface area contributed by atoms with Crippen molar-refractivity contribution < 1.29 is 23.2 Å². The van der Waals surface area contributed by atoms with Gasteiger partial charge in [0.25, 0.3) is 10.1 Å². The van der Waals surface area contributed by atoms with Gasteiger partial charge >= 0.3 is 0 Å². The van der Waals surface area contributed by atoms with Crippen molar-refractivity contribution in [1.29, 1.82) is 0 Å². The highest BCUT2D eigenvalue weighted by molar-refractivity contribution is 7.85. The fourth-order valence-electron chi connectivity index (χ4n) is 1.57. The normalized spacial score (nSPS) is 11.4. The Kier molecular flexibility index (Phi) is 2.98. The van der Waals surface area contributed by atoms with E-state index in [2.05, 4.69) is 0 Å². The second-order valence-electron chi connectivity index (χ2n) is 3.67. The molecule has 0 aliphatic rings. The minimum absolute atomic E-state index is 0.231. The van der Waals surface area contributed by atoms with Crippen molar-refractivity contribution in [3.8, 4) is 22.6 Å². The number of aromatic hydroxyl groups is 2. The molecule has 0 fully saturated rings. The molecule has 18 heavy (non-hydrogen) atoms. The SMILES string of the molecule is O=S(=O)(O)c1ccc(-c2cccc(O)c2O)cc1. The van der Waals surface area contributed by atoms with E-state index < -0.39 is 10.1 Å². The Morgan fingerprint density at radius 3 is 2.06 bits per heavy atom. The van der Waals surface area contributed by atoms with Gasteiger partial charge in [-0.15, -0.1) is 0 Å². The van der Waals surface area contributed by atoms with Crippen LogP contribution in [0.1, 0.15) is 0 Å². The smallest absolute Gasteiger partial charge is 0.294 e. The van der Waals surface area contributed by atoms with Crippen molar-refractivity contribution in [1.82, 2.24) is 0 Å². The lowest BCUT2D eigenvalue weighted by Gasteiger charge is -2.06. The molecule has 0 saturated carbocycles. The van der Waals surface area contributed by atoms with E-state index in [-0.39, 0.29) is 16.4 Å². The lowest BCUT2D eigenvalue weighted by atomic mass is 10.0. The maximum Gasteiger partial charge on any atom is 0.294 e. The highest BCUT2D eigenvalue weighted by atomic mass is 32.2. The minimum Gasteiger partial charge on any atom is -0.504 e. The van der Waals surface area contributed by atoms with Crippen LogP contribution in [0.5, 0.6) is 11.5 Å². The Morgan fingerprint density at radius 2 is 1.50 bits per heavy atom. The first-order chi connectivity index (χ1) is 8.39. The third-order valence-corrected chi connectivity index (χ3v) is 3.35. The van der Waals surface area contributed by atoms with Crippen LogP contribution in [0.2, 0.25) is 0 Å². The van der Waals surface area contributed by atoms with Gasteiger partial charge in [-0.25, -0.2) is 0 Å². The average molecular weight is 266 g/mol. The molecule has 0 atom stereocenters. The molecule has 2 rings (SSSR count). The van der Waals surface area contributed by atoms with Gasteiger partial charge in [0, 0.05) is 5.56 Å². The largest absolute Gasteiger partial charge is 0.504 e. The molecule has 0 aliphatic carbocycles. The maximum absolute atomic E-state index is 10.9. The van der Waals surface area contributed by atoms with Crippen molar-refractivity contribution in [2.45, 2.75) is 4.90 Å². The molecule has 0 bridgehead atoms. The van der Waals surface area contributed by atoms with Gasteiger partial charge in [-0.3, -0.25) is 4.55 Å². The third-order valence-electron chi connectivity index (χ3n) is 2.48. The minimum atomic E-state index is -4.23. The molecule has 0 radical (unpaired) electrons. The van der Waals surface area contributed by atoms with E-state index in [9.17, 15) is 18.6 Å². The Bertz CT molecular complexity index is 674. The van der Waals surface area contributed by atoms with Crippen LogP contribution in [-0.4, -0.2) is 23.2 Å². The Labute approximate surface area is 104 Å². The Hall–Kier alpha value is -2.05. The van der Waals surface area contributed by atoms with Gasteiger partial charge < -0.3 is 10.2 Å². The molecule has 94 valence electrons. The van der Waals surface area contributed by atoms with Crippen LogP contribution in [0.3, 0.4) is 0 Å². The molecule has 0 heterocycles. The number of phenolic OH excluding ortho intramolecular Hbond substituents is 2. The summed E-state index contributed by atoms with van der Waals surface area (Å²) in [6.45, 7) is 0. The van der Waals surface area contributed by atoms with Gasteiger partial charge in [0.1, 0.15) is 0 Å². The summed E-state index contributed by atoms with van der Waals surface area (Å²) in [6.07, 6.45) is 0. The molecule has 0 unspecified atom stereocenters. The number of rotatable bonds is 2. The molecule has 3 N–H and O–H groups in total. The number of phenols is 2. The summed E-state index contributed by atoms with van der Waals surface area (Å²) in [6, 6.07) is 9.77. The molecule has 5 nitrogen and oxygen atoms in total. The highest BCUT2D eigenvalue weighted by Crippen LogP contribution is 2.36. The topological polar surface area (TPSA) is 94.8 Å². The van der Waals surface area contributed by atoms with Gasteiger partial charge in [-0.1, -0.05) is 24.3 Å². The standard InChI is InChI=1S/C12H10O5S/c13-11-3-1-2-10(12(11)14)8-4-6-9(7-5-8)18(15,16)17/h1-7,13-14H,(H,15,16,17). The Morgan fingerprint density at radius 1 is 0.889 bits per heavy atom. The van der Waals surface area contributed by atoms with Crippen LogP contribution in [0.15, 0.2) is 47.4 Å². The summed E-state index contributed by atoms with van der Waals surface area (Å²) in [7, 11) is -4.23. The molecule has 0 amide bonds. The zero-order chi connectivity index (χ0) is 13.3. The molecule has 0 aliphatic heterocycles. The maximum atomic E-state index is 10.9. The van der Waals surface area contributed by atoms with E-state index >= 15 is 0 Å². The molecule has 6 heteroatoms. The number of para-hydroxylation sites is 1. The zero-order valence-electron chi connectivity index (χ0n) is 9.11. The van der Waals surface area contributed by atoms with Crippen molar-refractivity contribution in [3.63, 3.8) is 0 Å². The van der Waals surface area contributed by atoms with Gasteiger partial charge in [0.05, 0.1) is 4.90 Å². The highest BCUT2D eigenvalue weighted by Gasteiger charge is 2.11. The summed E-state index contributed by atoms with van der Waals surface area (Å²) in [5.74, 6) is -0.538. The summed E-state index contributed by atoms with van der Waals surface area (Å²) >= 11 is 0. The Balaban J connectivity index is 2.50. The predicted molar refractivity (Wildman–Crippen MR) is 65.0 cm³/mol. The van der Waals surface area contributed by atoms with Gasteiger partial charge in [0.2, 0.25) is 0 Å². The molecule has 2 aromatic carbocycles. The van der Waals surface area contributed by atoms with E-state index in [4.69, 9.17) is 4.55 Å². The first kappa shape index (κ1) is 12.4. The summed E-state index contributed by atoms with van der Waals surface area (Å²) < 4.78 is 30.6. The van der Waals surface area contributed by atoms with Crippen LogP contribution in [0, 0.1) is 0 Å². The quantitative estimate of drug-likeness (QED) is 0.571. The lowest BCUT2D eigenvalue weighted by molar-refractivity contribution is 0.405. The van der Waals surface area contributed by atoms with E-state index in [0.717, 1.165) is 0 Å². The van der Waals surface area contributed by atoms with Crippen LogP contribution in [0.25, 0.3) is 11.1 Å². The van der Waals surface area contributed by atoms with Crippen molar-refractivity contribution in [3.05, 3.63) is 42.5 Å². The average Bonchev–Trinajstić information content (AvgIpc) is 2.32. The second kappa shape index (κ2) is 4.32. The summed E-state index contributed by atoms with van der Waals surface area (Å²) in [5, 5.41) is 19.0. The summed E-state index contributed by atoms with van der Waals surface area (Å²) in [4.78, 5) is -0.231. The second-order valence-corrected chi connectivity index (χ2v) is 5.09. The van der Waals surface area contributed by atoms with Crippen LogP contribution >= 0.6 is 0 Å². The molecule has 0 saturated heterocycles.